The molecule has 7 nitrogen and oxygen atoms in total. The van der Waals surface area contributed by atoms with Crippen molar-refractivity contribution in [1.82, 2.24) is 19.5 Å². The lowest BCUT2D eigenvalue weighted by Crippen LogP contribution is -2.43. The van der Waals surface area contributed by atoms with Crippen LogP contribution in [0.5, 0.6) is 0 Å². The number of carbonyl (C=O) groups is 1. The molecule has 0 atom stereocenters. The molecule has 1 fully saturated rings. The fourth-order valence-corrected chi connectivity index (χ4v) is 3.59. The zero-order chi connectivity index (χ0) is 21.7. The molecule has 30 heavy (non-hydrogen) atoms. The predicted octanol–water partition coefficient (Wildman–Crippen LogP) is 4.39. The van der Waals surface area contributed by atoms with Gasteiger partial charge in [-0.1, -0.05) is 19.9 Å². The third kappa shape index (κ3) is 4.48. The lowest BCUT2D eigenvalue weighted by molar-refractivity contribution is -0.117. The van der Waals surface area contributed by atoms with Gasteiger partial charge >= 0.3 is 0 Å². The van der Waals surface area contributed by atoms with E-state index >= 15 is 0 Å². The molecular formula is C22H28FN5O2. The molecule has 1 saturated heterocycles. The highest BCUT2D eigenvalue weighted by Crippen LogP contribution is 2.28. The van der Waals surface area contributed by atoms with E-state index in [9.17, 15) is 9.18 Å². The molecule has 2 aromatic heterocycles. The van der Waals surface area contributed by atoms with Crippen molar-refractivity contribution in [3.63, 3.8) is 0 Å². The minimum absolute atomic E-state index is 0.0375. The van der Waals surface area contributed by atoms with E-state index in [1.54, 1.807) is 40.9 Å². The molecule has 0 aliphatic carbocycles. The third-order valence-corrected chi connectivity index (χ3v) is 4.97. The Morgan fingerprint density at radius 3 is 2.67 bits per heavy atom. The quantitative estimate of drug-likeness (QED) is 0.746. The molecule has 0 unspecified atom stereocenters. The Kier molecular flexibility index (Phi) is 7.10. The standard InChI is InChI=1S/C20H22FN5O2.C2H6/c1-13-10-23-19(17-11-22-18-5-3-4-15(21)12-25(17)18)24-20(13)26(14(2)27)16-6-8-28-9-7-16;1-2/h3,5,10-12,16H,4,6-9H2,1-2H3;1-2H3. The van der Waals surface area contributed by atoms with Crippen LogP contribution in [0.1, 0.15) is 51.4 Å². The van der Waals surface area contributed by atoms with E-state index in [1.807, 2.05) is 20.8 Å². The molecule has 0 spiro atoms. The van der Waals surface area contributed by atoms with Crippen LogP contribution in [0.2, 0.25) is 0 Å². The number of nitrogens with zero attached hydrogens (tertiary/aromatic N) is 5. The fraction of sp³-hybridized carbons (Fsp3) is 0.455. The number of ether oxygens (including phenoxy) is 1. The topological polar surface area (TPSA) is 73.1 Å². The van der Waals surface area contributed by atoms with Crippen molar-refractivity contribution in [3.8, 4) is 11.5 Å². The van der Waals surface area contributed by atoms with Crippen LogP contribution in [0.3, 0.4) is 0 Å². The summed E-state index contributed by atoms with van der Waals surface area (Å²) in [5.41, 5.74) is 1.39. The van der Waals surface area contributed by atoms with Crippen LogP contribution in [0.4, 0.5) is 10.2 Å². The summed E-state index contributed by atoms with van der Waals surface area (Å²) in [5.74, 6) is 1.25. The van der Waals surface area contributed by atoms with Gasteiger partial charge < -0.3 is 4.74 Å². The van der Waals surface area contributed by atoms with E-state index in [4.69, 9.17) is 9.72 Å². The average Bonchev–Trinajstić information content (AvgIpc) is 3.04. The van der Waals surface area contributed by atoms with E-state index in [2.05, 4.69) is 9.97 Å². The number of hydrogen-bond donors (Lipinski definition) is 0. The third-order valence-electron chi connectivity index (χ3n) is 4.97. The molecule has 4 heterocycles. The minimum atomic E-state index is -0.269. The van der Waals surface area contributed by atoms with Crippen LogP contribution in [0, 0.1) is 6.92 Å². The van der Waals surface area contributed by atoms with Gasteiger partial charge in [-0.25, -0.2) is 19.3 Å². The highest BCUT2D eigenvalue weighted by molar-refractivity contribution is 5.92. The van der Waals surface area contributed by atoms with Gasteiger partial charge in [0.25, 0.3) is 0 Å². The van der Waals surface area contributed by atoms with E-state index < -0.39 is 0 Å². The molecule has 0 aromatic carbocycles. The molecule has 2 aliphatic rings. The van der Waals surface area contributed by atoms with Gasteiger partial charge in [0, 0.05) is 50.6 Å². The Balaban J connectivity index is 0.00000124. The first kappa shape index (κ1) is 21.8. The Labute approximate surface area is 176 Å². The van der Waals surface area contributed by atoms with Gasteiger partial charge in [-0.15, -0.1) is 0 Å². The second-order valence-corrected chi connectivity index (χ2v) is 6.99. The second-order valence-electron chi connectivity index (χ2n) is 6.99. The summed E-state index contributed by atoms with van der Waals surface area (Å²) >= 11 is 0. The van der Waals surface area contributed by atoms with E-state index in [0.717, 1.165) is 18.4 Å². The lowest BCUT2D eigenvalue weighted by atomic mass is 10.1. The van der Waals surface area contributed by atoms with E-state index in [0.29, 0.717) is 36.4 Å². The fourth-order valence-electron chi connectivity index (χ4n) is 3.59. The van der Waals surface area contributed by atoms with Crippen molar-refractivity contribution in [2.24, 2.45) is 0 Å². The van der Waals surface area contributed by atoms with Crippen molar-refractivity contribution in [2.45, 2.75) is 53.0 Å². The van der Waals surface area contributed by atoms with Crippen LogP contribution >= 0.6 is 0 Å². The number of carbonyl (C=O) groups excluding carboxylic acids is 1. The molecular weight excluding hydrogens is 385 g/mol. The van der Waals surface area contributed by atoms with Gasteiger partial charge in [0.2, 0.25) is 5.91 Å². The highest BCUT2D eigenvalue weighted by atomic mass is 19.1. The first-order valence-electron chi connectivity index (χ1n) is 10.4. The Hall–Kier alpha value is -2.87. The van der Waals surface area contributed by atoms with Gasteiger partial charge in [0.1, 0.15) is 23.2 Å². The van der Waals surface area contributed by atoms with Gasteiger partial charge in [0.05, 0.1) is 6.20 Å². The molecule has 8 heteroatoms. The average molecular weight is 413 g/mol. The zero-order valence-electron chi connectivity index (χ0n) is 17.9. The molecule has 160 valence electrons. The van der Waals surface area contributed by atoms with Crippen LogP contribution < -0.4 is 4.90 Å². The monoisotopic (exact) mass is 413 g/mol. The smallest absolute Gasteiger partial charge is 0.225 e. The number of hydrogen-bond acceptors (Lipinski definition) is 5. The summed E-state index contributed by atoms with van der Waals surface area (Å²) in [6, 6.07) is 0.0375. The zero-order valence-corrected chi connectivity index (χ0v) is 17.9. The van der Waals surface area contributed by atoms with E-state index in [-0.39, 0.29) is 24.2 Å². The van der Waals surface area contributed by atoms with Gasteiger partial charge in [-0.2, -0.15) is 0 Å². The maximum Gasteiger partial charge on any atom is 0.225 e. The van der Waals surface area contributed by atoms with Crippen LogP contribution in [0.25, 0.3) is 23.8 Å². The molecule has 0 saturated carbocycles. The SMILES string of the molecule is CC.CC(=O)N(c1nc(-c2cnc3n2C=C(F)CC=C3)ncc1C)C1CCOCC1. The van der Waals surface area contributed by atoms with Gasteiger partial charge in [0.15, 0.2) is 5.82 Å². The number of fused-ring (bicyclic) bond motifs is 1. The predicted molar refractivity (Wildman–Crippen MR) is 115 cm³/mol. The maximum atomic E-state index is 14.0. The summed E-state index contributed by atoms with van der Waals surface area (Å²) in [5, 5.41) is 0. The minimum Gasteiger partial charge on any atom is -0.381 e. The van der Waals surface area contributed by atoms with Crippen molar-refractivity contribution < 1.29 is 13.9 Å². The maximum absolute atomic E-state index is 14.0. The lowest BCUT2D eigenvalue weighted by Gasteiger charge is -2.33. The Bertz CT molecular complexity index is 960. The number of imidazole rings is 1. The van der Waals surface area contributed by atoms with E-state index in [1.165, 1.54) is 6.20 Å². The normalized spacial score (nSPS) is 16.1. The largest absolute Gasteiger partial charge is 0.381 e. The number of allylic oxidation sites excluding steroid dienone is 2. The van der Waals surface area contributed by atoms with Crippen LogP contribution in [0.15, 0.2) is 24.3 Å². The summed E-state index contributed by atoms with van der Waals surface area (Å²) in [4.78, 5) is 27.6. The first-order chi connectivity index (χ1) is 14.5. The van der Waals surface area contributed by atoms with Crippen LogP contribution in [-0.2, 0) is 9.53 Å². The van der Waals surface area contributed by atoms with Gasteiger partial charge in [-0.05, 0) is 25.8 Å². The number of rotatable bonds is 3. The summed E-state index contributed by atoms with van der Waals surface area (Å²) < 4.78 is 21.0. The molecule has 2 aliphatic heterocycles. The summed E-state index contributed by atoms with van der Waals surface area (Å²) in [6.45, 7) is 8.67. The Morgan fingerprint density at radius 2 is 1.97 bits per heavy atom. The second kappa shape index (κ2) is 9.75. The number of amides is 1. The number of aryl methyl sites for hydroxylation is 1. The van der Waals surface area contributed by atoms with Gasteiger partial charge in [-0.3, -0.25) is 14.3 Å². The van der Waals surface area contributed by atoms with Crippen molar-refractivity contribution >= 4 is 24.0 Å². The van der Waals surface area contributed by atoms with Crippen molar-refractivity contribution in [2.75, 3.05) is 18.1 Å². The summed E-state index contributed by atoms with van der Waals surface area (Å²) in [6.07, 6.45) is 9.97. The molecule has 4 rings (SSSR count). The summed E-state index contributed by atoms with van der Waals surface area (Å²) in [7, 11) is 0. The number of aromatic nitrogens is 4. The first-order valence-corrected chi connectivity index (χ1v) is 10.4. The number of anilines is 1. The Morgan fingerprint density at radius 1 is 1.23 bits per heavy atom. The molecule has 1 amide bonds. The highest BCUT2D eigenvalue weighted by Gasteiger charge is 2.28. The molecule has 2 aromatic rings. The number of halogens is 1. The molecule has 0 bridgehead atoms. The van der Waals surface area contributed by atoms with Crippen molar-refractivity contribution in [1.29, 1.82) is 0 Å². The van der Waals surface area contributed by atoms with Crippen LogP contribution in [-0.4, -0.2) is 44.7 Å². The molecule has 0 radical (unpaired) electrons. The van der Waals surface area contributed by atoms with Crippen molar-refractivity contribution in [3.05, 3.63) is 35.7 Å². The molecule has 0 N–H and O–H groups in total.